The van der Waals surface area contributed by atoms with Crippen molar-refractivity contribution in [3.63, 3.8) is 0 Å². The van der Waals surface area contributed by atoms with Crippen LogP contribution in [0.1, 0.15) is 64.5 Å². The summed E-state index contributed by atoms with van der Waals surface area (Å²) in [7, 11) is 0. The molecule has 0 aliphatic carbocycles. The lowest BCUT2D eigenvalue weighted by molar-refractivity contribution is -0.150. The van der Waals surface area contributed by atoms with E-state index in [2.05, 4.69) is 0 Å². The number of ether oxygens (including phenoxy) is 1. The maximum atomic E-state index is 12.8. The molecule has 6 nitrogen and oxygen atoms in total. The van der Waals surface area contributed by atoms with E-state index in [9.17, 15) is 24.9 Å². The van der Waals surface area contributed by atoms with Crippen LogP contribution in [0, 0.1) is 5.92 Å². The van der Waals surface area contributed by atoms with E-state index in [1.165, 1.54) is 0 Å². The molecule has 0 aromatic heterocycles. The van der Waals surface area contributed by atoms with E-state index < -0.39 is 29.7 Å². The number of Topliss-reactive ketones (excluding diaryl/α,β-unsaturated/α-hetero) is 1. The summed E-state index contributed by atoms with van der Waals surface area (Å²) >= 11 is 0. The van der Waals surface area contributed by atoms with Crippen LogP contribution in [-0.4, -0.2) is 52.0 Å². The van der Waals surface area contributed by atoms with Gasteiger partial charge in [-0.3, -0.25) is 9.59 Å². The molecule has 31 heavy (non-hydrogen) atoms. The van der Waals surface area contributed by atoms with Crippen LogP contribution in [0.3, 0.4) is 0 Å². The highest BCUT2D eigenvalue weighted by atomic mass is 16.5. The molecule has 1 aromatic rings. The van der Waals surface area contributed by atoms with Crippen molar-refractivity contribution in [2.75, 3.05) is 6.61 Å². The third kappa shape index (κ3) is 6.99. The molecule has 1 aliphatic rings. The zero-order valence-corrected chi connectivity index (χ0v) is 19.0. The highest BCUT2D eigenvalue weighted by Crippen LogP contribution is 2.31. The number of hydrogen-bond donors (Lipinski definition) is 3. The van der Waals surface area contributed by atoms with Crippen molar-refractivity contribution in [3.05, 3.63) is 47.0 Å². The predicted octanol–water partition coefficient (Wildman–Crippen LogP) is 2.86. The maximum absolute atomic E-state index is 12.8. The molecule has 2 rings (SSSR count). The molecule has 3 N–H and O–H groups in total. The second-order valence-electron chi connectivity index (χ2n) is 9.19. The molecule has 0 radical (unpaired) electrons. The summed E-state index contributed by atoms with van der Waals surface area (Å²) < 4.78 is 5.58. The molecule has 0 saturated carbocycles. The quantitative estimate of drug-likeness (QED) is 0.499. The van der Waals surface area contributed by atoms with Gasteiger partial charge in [0, 0.05) is 30.8 Å². The van der Waals surface area contributed by atoms with Gasteiger partial charge in [0.2, 0.25) is 0 Å². The summed E-state index contributed by atoms with van der Waals surface area (Å²) in [6, 6.07) is 7.53. The van der Waals surface area contributed by atoms with E-state index >= 15 is 0 Å². The van der Waals surface area contributed by atoms with Gasteiger partial charge in [-0.2, -0.15) is 0 Å². The zero-order valence-electron chi connectivity index (χ0n) is 19.0. The van der Waals surface area contributed by atoms with Gasteiger partial charge in [-0.05, 0) is 36.5 Å². The molecule has 0 unspecified atom stereocenters. The van der Waals surface area contributed by atoms with Gasteiger partial charge in [0.25, 0.3) is 0 Å². The monoisotopic (exact) mass is 432 g/mol. The highest BCUT2D eigenvalue weighted by Gasteiger charge is 2.33. The van der Waals surface area contributed by atoms with E-state index in [4.69, 9.17) is 4.74 Å². The topological polar surface area (TPSA) is 104 Å². The Labute approximate surface area is 184 Å². The first-order valence-electron chi connectivity index (χ1n) is 11.0. The van der Waals surface area contributed by atoms with Gasteiger partial charge >= 0.3 is 5.97 Å². The largest absolute Gasteiger partial charge is 0.457 e. The van der Waals surface area contributed by atoms with Gasteiger partial charge in [0.05, 0.1) is 18.6 Å². The van der Waals surface area contributed by atoms with Gasteiger partial charge in [-0.25, -0.2) is 0 Å². The van der Waals surface area contributed by atoms with Crippen LogP contribution in [0.15, 0.2) is 35.9 Å². The molecule has 0 amide bonds. The molecular weight excluding hydrogens is 396 g/mol. The fourth-order valence-corrected chi connectivity index (χ4v) is 3.87. The molecule has 1 heterocycles. The lowest BCUT2D eigenvalue weighted by Crippen LogP contribution is -2.37. The van der Waals surface area contributed by atoms with E-state index in [1.54, 1.807) is 6.92 Å². The van der Waals surface area contributed by atoms with E-state index in [1.807, 2.05) is 51.1 Å². The third-order valence-corrected chi connectivity index (χ3v) is 6.25. The molecular formula is C25H36O6. The van der Waals surface area contributed by atoms with Crippen molar-refractivity contribution in [1.29, 1.82) is 0 Å². The standard InChI is InChI=1S/C25H36O6/c1-5-17(15-26)9-16(2)22-12-21(28)13-23(29)25(3,4)19-8-6-7-18(10-19)11-20(27)14-24(30)31-22/h6-10,17,20,22-23,26-27,29H,5,11-15H2,1-4H3/b16-9-/t17-,20-,22+,23+/m1/s1. The number of benzene rings is 1. The van der Waals surface area contributed by atoms with Crippen molar-refractivity contribution >= 4 is 11.8 Å². The fraction of sp³-hybridized carbons (Fsp3) is 0.600. The molecule has 4 atom stereocenters. The van der Waals surface area contributed by atoms with Crippen molar-refractivity contribution in [2.24, 2.45) is 5.92 Å². The third-order valence-electron chi connectivity index (χ3n) is 6.25. The van der Waals surface area contributed by atoms with E-state index in [0.29, 0.717) is 12.0 Å². The van der Waals surface area contributed by atoms with Crippen LogP contribution in [0.2, 0.25) is 0 Å². The minimum absolute atomic E-state index is 0.0359. The second kappa shape index (κ2) is 11.0. The first-order valence-corrected chi connectivity index (χ1v) is 11.0. The fourth-order valence-electron chi connectivity index (χ4n) is 3.87. The van der Waals surface area contributed by atoms with Crippen LogP contribution in [0.25, 0.3) is 0 Å². The van der Waals surface area contributed by atoms with E-state index in [0.717, 1.165) is 11.1 Å². The Bertz CT molecular complexity index is 793. The van der Waals surface area contributed by atoms with Crippen molar-refractivity contribution in [1.82, 2.24) is 0 Å². The first-order chi connectivity index (χ1) is 14.6. The Balaban J connectivity index is 2.36. The SMILES string of the molecule is CC[C@H](/C=C(/C)[C@@H]1CC(=O)C[C@H](O)C(C)(C)c2cccc(c2)C[C@@H](O)CC(=O)O1)CO. The Morgan fingerprint density at radius 2 is 1.90 bits per heavy atom. The van der Waals surface area contributed by atoms with Crippen molar-refractivity contribution in [2.45, 2.75) is 83.5 Å². The number of ketones is 1. The van der Waals surface area contributed by atoms with Gasteiger partial charge in [-0.15, -0.1) is 0 Å². The maximum Gasteiger partial charge on any atom is 0.309 e. The van der Waals surface area contributed by atoms with Crippen molar-refractivity contribution in [3.8, 4) is 0 Å². The number of carbonyl (C=O) groups is 2. The summed E-state index contributed by atoms with van der Waals surface area (Å²) in [5.41, 5.74) is 1.74. The summed E-state index contributed by atoms with van der Waals surface area (Å²) in [6.45, 7) is 7.46. The predicted molar refractivity (Wildman–Crippen MR) is 119 cm³/mol. The summed E-state index contributed by atoms with van der Waals surface area (Å²) in [5.74, 6) is -0.886. The Morgan fingerprint density at radius 1 is 1.19 bits per heavy atom. The number of hydrogen-bond acceptors (Lipinski definition) is 6. The number of rotatable bonds is 4. The smallest absolute Gasteiger partial charge is 0.309 e. The molecule has 2 bridgehead atoms. The van der Waals surface area contributed by atoms with Crippen LogP contribution >= 0.6 is 0 Å². The van der Waals surface area contributed by atoms with Crippen LogP contribution < -0.4 is 0 Å². The molecule has 0 fully saturated rings. The summed E-state index contributed by atoms with van der Waals surface area (Å²) in [5, 5.41) is 30.8. The Morgan fingerprint density at radius 3 is 2.55 bits per heavy atom. The van der Waals surface area contributed by atoms with Gasteiger partial charge in [-0.1, -0.05) is 51.1 Å². The first kappa shape index (κ1) is 25.2. The molecule has 0 saturated heterocycles. The lowest BCUT2D eigenvalue weighted by atomic mass is 9.76. The molecule has 1 aromatic carbocycles. The van der Waals surface area contributed by atoms with E-state index in [-0.39, 0.29) is 44.0 Å². The summed E-state index contributed by atoms with van der Waals surface area (Å²) in [6.07, 6.45) is -0.0746. The second-order valence-corrected chi connectivity index (χ2v) is 9.19. The van der Waals surface area contributed by atoms with Crippen molar-refractivity contribution < 1.29 is 29.6 Å². The Kier molecular flexibility index (Phi) is 8.98. The normalized spacial score (nSPS) is 26.7. The van der Waals surface area contributed by atoms with Crippen LogP contribution in [0.4, 0.5) is 0 Å². The molecule has 1 aliphatic heterocycles. The van der Waals surface area contributed by atoms with Gasteiger partial charge in [0.1, 0.15) is 11.9 Å². The number of aliphatic hydroxyl groups is 3. The molecule has 0 spiro atoms. The number of cyclic esters (lactones) is 1. The number of fused-ring (bicyclic) bond motifs is 2. The average Bonchev–Trinajstić information content (AvgIpc) is 2.70. The minimum Gasteiger partial charge on any atom is -0.457 e. The molecule has 172 valence electrons. The van der Waals surface area contributed by atoms with Crippen LogP contribution in [0.5, 0.6) is 0 Å². The number of aliphatic hydroxyl groups excluding tert-OH is 3. The zero-order chi connectivity index (χ0) is 23.2. The average molecular weight is 433 g/mol. The highest BCUT2D eigenvalue weighted by molar-refractivity contribution is 5.80. The van der Waals surface area contributed by atoms with Crippen LogP contribution in [-0.2, 0) is 26.2 Å². The lowest BCUT2D eigenvalue weighted by Gasteiger charge is -2.32. The van der Waals surface area contributed by atoms with Gasteiger partial charge in [0.15, 0.2) is 0 Å². The summed E-state index contributed by atoms with van der Waals surface area (Å²) in [4.78, 5) is 25.3. The van der Waals surface area contributed by atoms with Gasteiger partial charge < -0.3 is 20.1 Å². The molecule has 6 heteroatoms. The minimum atomic E-state index is -0.916. The number of esters is 1. The Hall–Kier alpha value is -2.02. The number of carbonyl (C=O) groups excluding carboxylic acids is 2.